The van der Waals surface area contributed by atoms with Gasteiger partial charge in [-0.15, -0.1) is 0 Å². The van der Waals surface area contributed by atoms with Crippen molar-refractivity contribution in [1.29, 1.82) is 0 Å². The summed E-state index contributed by atoms with van der Waals surface area (Å²) in [5.74, 6) is -0.844. The third kappa shape index (κ3) is 6.70. The highest BCUT2D eigenvalue weighted by atomic mass is 32.2. The summed E-state index contributed by atoms with van der Waals surface area (Å²) in [7, 11) is -3.64. The van der Waals surface area contributed by atoms with Crippen molar-refractivity contribution >= 4 is 33.1 Å². The van der Waals surface area contributed by atoms with Crippen molar-refractivity contribution in [2.75, 3.05) is 5.75 Å². The van der Waals surface area contributed by atoms with E-state index < -0.39 is 21.8 Å². The van der Waals surface area contributed by atoms with Gasteiger partial charge in [0.15, 0.2) is 0 Å². The Kier molecular flexibility index (Phi) is 5.84. The van der Waals surface area contributed by atoms with Gasteiger partial charge in [0.2, 0.25) is 15.9 Å². The van der Waals surface area contributed by atoms with Crippen LogP contribution in [-0.2, 0) is 14.8 Å². The maximum absolute atomic E-state index is 11.4. The molecule has 0 aliphatic rings. The average Bonchev–Trinajstić information content (AvgIpc) is 1.98. The van der Waals surface area contributed by atoms with E-state index in [1.54, 1.807) is 13.8 Å². The minimum atomic E-state index is -3.64. The van der Waals surface area contributed by atoms with Crippen LogP contribution in [0.15, 0.2) is 0 Å². The normalized spacial score (nSPS) is 13.5. The Morgan fingerprint density at radius 3 is 2.25 bits per heavy atom. The van der Waals surface area contributed by atoms with E-state index in [1.807, 2.05) is 0 Å². The topological polar surface area (TPSA) is 101 Å². The van der Waals surface area contributed by atoms with Crippen molar-refractivity contribution in [2.24, 2.45) is 5.73 Å². The van der Waals surface area contributed by atoms with Gasteiger partial charge in [-0.25, -0.2) is 13.1 Å². The second-order valence-corrected chi connectivity index (χ2v) is 6.01. The smallest absolute Gasteiger partial charge is 0.238 e. The number of thiocarbonyl (C=S) groups is 1. The van der Waals surface area contributed by atoms with Gasteiger partial charge in [-0.05, 0) is 20.8 Å². The SMILES string of the molecule is CC(C)NC(=O)C(C)NS(=O)(=O)CC(N)=S. The summed E-state index contributed by atoms with van der Waals surface area (Å²) in [4.78, 5) is 11.3. The second-order valence-electron chi connectivity index (χ2n) is 3.73. The lowest BCUT2D eigenvalue weighted by atomic mass is 10.3. The van der Waals surface area contributed by atoms with E-state index in [2.05, 4.69) is 22.3 Å². The number of hydrogen-bond donors (Lipinski definition) is 3. The van der Waals surface area contributed by atoms with E-state index in [-0.39, 0.29) is 16.9 Å². The van der Waals surface area contributed by atoms with Crippen LogP contribution in [0.1, 0.15) is 20.8 Å². The molecule has 0 spiro atoms. The molecule has 94 valence electrons. The van der Waals surface area contributed by atoms with Crippen LogP contribution in [0, 0.1) is 0 Å². The molecule has 0 aromatic carbocycles. The molecule has 0 bridgehead atoms. The number of nitrogens with one attached hydrogen (secondary N) is 2. The number of carbonyl (C=O) groups is 1. The van der Waals surface area contributed by atoms with E-state index in [9.17, 15) is 13.2 Å². The summed E-state index contributed by atoms with van der Waals surface area (Å²) in [5, 5.41) is 2.59. The van der Waals surface area contributed by atoms with E-state index in [1.165, 1.54) is 6.92 Å². The molecule has 1 unspecified atom stereocenters. The predicted octanol–water partition coefficient (Wildman–Crippen LogP) is -0.895. The highest BCUT2D eigenvalue weighted by molar-refractivity contribution is 7.92. The maximum Gasteiger partial charge on any atom is 0.238 e. The van der Waals surface area contributed by atoms with E-state index >= 15 is 0 Å². The zero-order valence-corrected chi connectivity index (χ0v) is 11.1. The van der Waals surface area contributed by atoms with Crippen molar-refractivity contribution in [3.05, 3.63) is 0 Å². The monoisotopic (exact) mass is 267 g/mol. The third-order valence-electron chi connectivity index (χ3n) is 1.51. The van der Waals surface area contributed by atoms with Crippen LogP contribution < -0.4 is 15.8 Å². The molecule has 8 heteroatoms. The van der Waals surface area contributed by atoms with E-state index in [0.717, 1.165) is 0 Å². The first kappa shape index (κ1) is 15.3. The van der Waals surface area contributed by atoms with Gasteiger partial charge in [-0.3, -0.25) is 4.79 Å². The number of amides is 1. The van der Waals surface area contributed by atoms with Crippen molar-refractivity contribution in [2.45, 2.75) is 32.9 Å². The lowest BCUT2D eigenvalue weighted by Gasteiger charge is -2.15. The van der Waals surface area contributed by atoms with Crippen LogP contribution in [0.2, 0.25) is 0 Å². The van der Waals surface area contributed by atoms with Gasteiger partial charge < -0.3 is 11.1 Å². The molecule has 1 atom stereocenters. The van der Waals surface area contributed by atoms with Gasteiger partial charge in [0.05, 0.1) is 11.0 Å². The maximum atomic E-state index is 11.4. The summed E-state index contributed by atoms with van der Waals surface area (Å²) in [6, 6.07) is -0.892. The van der Waals surface area contributed by atoms with Crippen molar-refractivity contribution < 1.29 is 13.2 Å². The van der Waals surface area contributed by atoms with Crippen LogP contribution in [0.3, 0.4) is 0 Å². The molecule has 0 saturated heterocycles. The van der Waals surface area contributed by atoms with E-state index in [0.29, 0.717) is 0 Å². The molecule has 0 radical (unpaired) electrons. The van der Waals surface area contributed by atoms with Gasteiger partial charge in [0.1, 0.15) is 5.75 Å². The highest BCUT2D eigenvalue weighted by Crippen LogP contribution is 1.91. The molecule has 0 saturated carbocycles. The van der Waals surface area contributed by atoms with Crippen LogP contribution in [-0.4, -0.2) is 37.2 Å². The molecule has 0 fully saturated rings. The highest BCUT2D eigenvalue weighted by Gasteiger charge is 2.20. The lowest BCUT2D eigenvalue weighted by Crippen LogP contribution is -2.48. The molecular formula is C8H17N3O3S2. The fourth-order valence-electron chi connectivity index (χ4n) is 0.961. The van der Waals surface area contributed by atoms with Crippen LogP contribution >= 0.6 is 12.2 Å². The molecule has 0 aliphatic carbocycles. The molecule has 0 heterocycles. The molecule has 4 N–H and O–H groups in total. The Bertz CT molecular complexity index is 365. The van der Waals surface area contributed by atoms with Crippen LogP contribution in [0.5, 0.6) is 0 Å². The molecule has 1 amide bonds. The van der Waals surface area contributed by atoms with Crippen molar-refractivity contribution in [3.8, 4) is 0 Å². The lowest BCUT2D eigenvalue weighted by molar-refractivity contribution is -0.122. The first-order chi connectivity index (χ1) is 7.14. The fourth-order valence-corrected chi connectivity index (χ4v) is 2.53. The fraction of sp³-hybridized carbons (Fsp3) is 0.750. The summed E-state index contributed by atoms with van der Waals surface area (Å²) in [5.41, 5.74) is 5.12. The first-order valence-corrected chi connectivity index (χ1v) is 6.79. The zero-order chi connectivity index (χ0) is 12.9. The summed E-state index contributed by atoms with van der Waals surface area (Å²) in [6.45, 7) is 5.02. The predicted molar refractivity (Wildman–Crippen MR) is 66.4 cm³/mol. The Labute approximate surface area is 101 Å². The van der Waals surface area contributed by atoms with Crippen molar-refractivity contribution in [3.63, 3.8) is 0 Å². The Morgan fingerprint density at radius 2 is 1.88 bits per heavy atom. The van der Waals surface area contributed by atoms with Gasteiger partial charge in [0.25, 0.3) is 0 Å². The molecule has 6 nitrogen and oxygen atoms in total. The summed E-state index contributed by atoms with van der Waals surface area (Å²) >= 11 is 4.49. The number of hydrogen-bond acceptors (Lipinski definition) is 4. The van der Waals surface area contributed by atoms with Crippen molar-refractivity contribution in [1.82, 2.24) is 10.0 Å². The van der Waals surface area contributed by atoms with Gasteiger partial charge >= 0.3 is 0 Å². The number of sulfonamides is 1. The minimum absolute atomic E-state index is 0.0463. The number of rotatable bonds is 6. The number of carbonyl (C=O) groups excluding carboxylic acids is 1. The largest absolute Gasteiger partial charge is 0.392 e. The Hall–Kier alpha value is -0.730. The molecule has 0 aliphatic heterocycles. The third-order valence-corrected chi connectivity index (χ3v) is 3.24. The zero-order valence-electron chi connectivity index (χ0n) is 9.48. The first-order valence-electron chi connectivity index (χ1n) is 4.72. The van der Waals surface area contributed by atoms with Crippen LogP contribution in [0.4, 0.5) is 0 Å². The second kappa shape index (κ2) is 6.12. The standard InChI is InChI=1S/C8H17N3O3S2/c1-5(2)10-8(12)6(3)11-16(13,14)4-7(9)15/h5-6,11H,4H2,1-3H3,(H2,9,15)(H,10,12). The Morgan fingerprint density at radius 1 is 1.38 bits per heavy atom. The van der Waals surface area contributed by atoms with Gasteiger partial charge in [-0.2, -0.15) is 0 Å². The molecule has 0 aromatic rings. The average molecular weight is 267 g/mol. The van der Waals surface area contributed by atoms with Gasteiger partial charge in [-0.1, -0.05) is 12.2 Å². The molecular weight excluding hydrogens is 250 g/mol. The quantitative estimate of drug-likeness (QED) is 0.542. The molecule has 0 rings (SSSR count). The number of nitrogens with two attached hydrogens (primary N) is 1. The summed E-state index contributed by atoms with van der Waals surface area (Å²) < 4.78 is 25.0. The van der Waals surface area contributed by atoms with E-state index in [4.69, 9.17) is 5.73 Å². The minimum Gasteiger partial charge on any atom is -0.392 e. The van der Waals surface area contributed by atoms with Gasteiger partial charge in [0, 0.05) is 6.04 Å². The van der Waals surface area contributed by atoms with Crippen LogP contribution in [0.25, 0.3) is 0 Å². The summed E-state index contributed by atoms with van der Waals surface area (Å²) in [6.07, 6.45) is 0. The molecule has 16 heavy (non-hydrogen) atoms. The molecule has 0 aromatic heterocycles. The Balaban J connectivity index is 4.39.